The van der Waals surface area contributed by atoms with Crippen LogP contribution in [0, 0.1) is 12.8 Å². The number of aromatic nitrogens is 1. The van der Waals surface area contributed by atoms with Crippen molar-refractivity contribution in [3.8, 4) is 0 Å². The molecule has 4 nitrogen and oxygen atoms in total. The summed E-state index contributed by atoms with van der Waals surface area (Å²) in [7, 11) is 0. The van der Waals surface area contributed by atoms with Gasteiger partial charge in [0.05, 0.1) is 12.0 Å². The summed E-state index contributed by atoms with van der Waals surface area (Å²) in [5, 5.41) is 9.47. The minimum absolute atomic E-state index is 0.0677. The van der Waals surface area contributed by atoms with Crippen LogP contribution in [0.25, 0.3) is 0 Å². The molecule has 0 bridgehead atoms. The molecule has 2 unspecified atom stereocenters. The molecule has 5 heteroatoms. The van der Waals surface area contributed by atoms with E-state index in [4.69, 9.17) is 0 Å². The van der Waals surface area contributed by atoms with Gasteiger partial charge in [0.15, 0.2) is 0 Å². The minimum atomic E-state index is 0.0677. The Morgan fingerprint density at radius 1 is 1.72 bits per heavy atom. The van der Waals surface area contributed by atoms with Crippen molar-refractivity contribution in [3.63, 3.8) is 0 Å². The number of carbonyl (C=O) groups is 1. The Labute approximate surface area is 112 Å². The predicted octanol–water partition coefficient (Wildman–Crippen LogP) is 2.02. The van der Waals surface area contributed by atoms with Gasteiger partial charge in [-0.15, -0.1) is 11.3 Å². The number of piperidine rings is 1. The van der Waals surface area contributed by atoms with Crippen molar-refractivity contribution in [2.45, 2.75) is 39.2 Å². The molecule has 1 aliphatic heterocycles. The van der Waals surface area contributed by atoms with Crippen LogP contribution in [0.2, 0.25) is 0 Å². The molecule has 1 aliphatic rings. The second kappa shape index (κ2) is 6.29. The number of thiazole rings is 1. The summed E-state index contributed by atoms with van der Waals surface area (Å²) < 4.78 is 0. The zero-order valence-electron chi connectivity index (χ0n) is 11.0. The van der Waals surface area contributed by atoms with Crippen molar-refractivity contribution in [2.24, 2.45) is 5.92 Å². The van der Waals surface area contributed by atoms with Crippen LogP contribution in [0.15, 0.2) is 5.38 Å². The van der Waals surface area contributed by atoms with Crippen LogP contribution in [0.1, 0.15) is 42.9 Å². The summed E-state index contributed by atoms with van der Waals surface area (Å²) in [5.41, 5.74) is 1.03. The number of hydrogen-bond donors (Lipinski definition) is 2. The molecule has 0 aromatic carbocycles. The van der Waals surface area contributed by atoms with Crippen LogP contribution in [0.4, 0.5) is 0 Å². The lowest BCUT2D eigenvalue weighted by Gasteiger charge is -2.24. The fraction of sp³-hybridized carbons (Fsp3) is 0.692. The summed E-state index contributed by atoms with van der Waals surface area (Å²) in [6, 6.07) is 0.0677. The van der Waals surface area contributed by atoms with Crippen molar-refractivity contribution >= 4 is 17.2 Å². The summed E-state index contributed by atoms with van der Waals surface area (Å²) in [6.45, 7) is 5.91. The third kappa shape index (κ3) is 3.29. The number of rotatable bonds is 4. The van der Waals surface area contributed by atoms with Crippen LogP contribution >= 0.6 is 11.3 Å². The minimum Gasteiger partial charge on any atom is -0.347 e. The van der Waals surface area contributed by atoms with Crippen LogP contribution in [-0.4, -0.2) is 24.0 Å². The van der Waals surface area contributed by atoms with E-state index in [1.165, 1.54) is 0 Å². The quantitative estimate of drug-likeness (QED) is 0.877. The maximum Gasteiger partial charge on any atom is 0.224 e. The van der Waals surface area contributed by atoms with E-state index < -0.39 is 0 Å². The fourth-order valence-corrected chi connectivity index (χ4v) is 3.17. The van der Waals surface area contributed by atoms with Crippen molar-refractivity contribution < 1.29 is 4.79 Å². The molecule has 1 amide bonds. The van der Waals surface area contributed by atoms with E-state index in [2.05, 4.69) is 22.5 Å². The highest BCUT2D eigenvalue weighted by atomic mass is 32.1. The lowest BCUT2D eigenvalue weighted by atomic mass is 9.98. The third-order valence-electron chi connectivity index (χ3n) is 3.33. The Morgan fingerprint density at radius 2 is 2.56 bits per heavy atom. The summed E-state index contributed by atoms with van der Waals surface area (Å²) >= 11 is 1.63. The molecule has 18 heavy (non-hydrogen) atoms. The molecule has 0 spiro atoms. The maximum absolute atomic E-state index is 12.2. The van der Waals surface area contributed by atoms with E-state index in [9.17, 15) is 4.79 Å². The smallest absolute Gasteiger partial charge is 0.224 e. The van der Waals surface area contributed by atoms with Crippen LogP contribution in [-0.2, 0) is 4.79 Å². The number of amides is 1. The van der Waals surface area contributed by atoms with Crippen molar-refractivity contribution in [3.05, 3.63) is 16.1 Å². The van der Waals surface area contributed by atoms with Gasteiger partial charge in [0.1, 0.15) is 5.01 Å². The second-order valence-electron chi connectivity index (χ2n) is 4.84. The number of aryl methyl sites for hydroxylation is 1. The first-order valence-corrected chi connectivity index (χ1v) is 7.51. The Hall–Kier alpha value is -0.940. The lowest BCUT2D eigenvalue weighted by molar-refractivity contribution is -0.126. The van der Waals surface area contributed by atoms with Gasteiger partial charge in [-0.1, -0.05) is 6.92 Å². The predicted molar refractivity (Wildman–Crippen MR) is 73.6 cm³/mol. The van der Waals surface area contributed by atoms with Gasteiger partial charge < -0.3 is 10.6 Å². The van der Waals surface area contributed by atoms with Crippen LogP contribution in [0.5, 0.6) is 0 Å². The van der Waals surface area contributed by atoms with Gasteiger partial charge >= 0.3 is 0 Å². The first-order chi connectivity index (χ1) is 8.70. The zero-order valence-corrected chi connectivity index (χ0v) is 11.8. The molecule has 2 atom stereocenters. The average molecular weight is 267 g/mol. The molecule has 1 fully saturated rings. The first kappa shape index (κ1) is 13.5. The van der Waals surface area contributed by atoms with Crippen molar-refractivity contribution in [2.75, 3.05) is 13.1 Å². The summed E-state index contributed by atoms with van der Waals surface area (Å²) in [4.78, 5) is 16.6. The summed E-state index contributed by atoms with van der Waals surface area (Å²) in [6.07, 6.45) is 2.97. The van der Waals surface area contributed by atoms with Gasteiger partial charge in [-0.25, -0.2) is 4.98 Å². The van der Waals surface area contributed by atoms with E-state index >= 15 is 0 Å². The third-order valence-corrected chi connectivity index (χ3v) is 4.40. The molecule has 1 saturated heterocycles. The molecule has 0 radical (unpaired) electrons. The standard InChI is InChI=1S/C13H21N3OS/c1-3-11(13-15-9(2)8-18-13)16-12(17)10-5-4-6-14-7-10/h8,10-11,14H,3-7H2,1-2H3,(H,16,17). The largest absolute Gasteiger partial charge is 0.347 e. The van der Waals surface area contributed by atoms with E-state index in [1.54, 1.807) is 11.3 Å². The molecule has 1 aromatic rings. The molecule has 2 heterocycles. The Morgan fingerprint density at radius 3 is 3.11 bits per heavy atom. The maximum atomic E-state index is 12.2. The normalized spacial score (nSPS) is 21.6. The monoisotopic (exact) mass is 267 g/mol. The molecule has 2 rings (SSSR count). The highest BCUT2D eigenvalue weighted by molar-refractivity contribution is 7.09. The Bertz CT molecular complexity index is 399. The Kier molecular flexibility index (Phi) is 4.72. The topological polar surface area (TPSA) is 54.0 Å². The van der Waals surface area contributed by atoms with Crippen molar-refractivity contribution in [1.82, 2.24) is 15.6 Å². The van der Waals surface area contributed by atoms with Gasteiger partial charge in [0.25, 0.3) is 0 Å². The van der Waals surface area contributed by atoms with Gasteiger partial charge in [-0.05, 0) is 32.7 Å². The van der Waals surface area contributed by atoms with Gasteiger partial charge in [-0.3, -0.25) is 4.79 Å². The lowest BCUT2D eigenvalue weighted by Crippen LogP contribution is -2.41. The van der Waals surface area contributed by atoms with Gasteiger partial charge in [-0.2, -0.15) is 0 Å². The zero-order chi connectivity index (χ0) is 13.0. The fourth-order valence-electron chi connectivity index (χ4n) is 2.24. The average Bonchev–Trinajstić information content (AvgIpc) is 2.83. The van der Waals surface area contributed by atoms with E-state index in [0.717, 1.165) is 43.1 Å². The SMILES string of the molecule is CCC(NC(=O)C1CCCNC1)c1nc(C)cs1. The van der Waals surface area contributed by atoms with Crippen LogP contribution in [0.3, 0.4) is 0 Å². The highest BCUT2D eigenvalue weighted by Crippen LogP contribution is 2.22. The number of carbonyl (C=O) groups excluding carboxylic acids is 1. The second-order valence-corrected chi connectivity index (χ2v) is 5.73. The van der Waals surface area contributed by atoms with Crippen molar-refractivity contribution in [1.29, 1.82) is 0 Å². The molecule has 0 aliphatic carbocycles. The van der Waals surface area contributed by atoms with E-state index in [0.29, 0.717) is 0 Å². The highest BCUT2D eigenvalue weighted by Gasteiger charge is 2.24. The van der Waals surface area contributed by atoms with E-state index in [1.807, 2.05) is 12.3 Å². The first-order valence-electron chi connectivity index (χ1n) is 6.63. The van der Waals surface area contributed by atoms with E-state index in [-0.39, 0.29) is 17.9 Å². The number of hydrogen-bond acceptors (Lipinski definition) is 4. The molecular formula is C13H21N3OS. The number of nitrogens with one attached hydrogen (secondary N) is 2. The number of nitrogens with zero attached hydrogens (tertiary/aromatic N) is 1. The Balaban J connectivity index is 1.95. The molecule has 2 N–H and O–H groups in total. The van der Waals surface area contributed by atoms with Gasteiger partial charge in [0.2, 0.25) is 5.91 Å². The molecular weight excluding hydrogens is 246 g/mol. The molecule has 100 valence electrons. The molecule has 1 aromatic heterocycles. The van der Waals surface area contributed by atoms with Gasteiger partial charge in [0, 0.05) is 17.6 Å². The molecule has 0 saturated carbocycles. The van der Waals surface area contributed by atoms with Crippen LogP contribution < -0.4 is 10.6 Å². The summed E-state index contributed by atoms with van der Waals surface area (Å²) in [5.74, 6) is 0.288.